The summed E-state index contributed by atoms with van der Waals surface area (Å²) >= 11 is 3.34. The van der Waals surface area contributed by atoms with Crippen LogP contribution < -0.4 is 10.6 Å². The van der Waals surface area contributed by atoms with Crippen LogP contribution in [0.2, 0.25) is 0 Å². The molecule has 0 aliphatic carbocycles. The number of anilines is 1. The predicted octanol–water partition coefficient (Wildman–Crippen LogP) is 3.73. The van der Waals surface area contributed by atoms with Crippen LogP contribution in [0.25, 0.3) is 0 Å². The molecule has 1 aromatic rings. The van der Waals surface area contributed by atoms with Gasteiger partial charge >= 0.3 is 6.18 Å². The number of halogens is 4. The van der Waals surface area contributed by atoms with Crippen LogP contribution in [0.4, 0.5) is 18.9 Å². The molecule has 0 aliphatic rings. The van der Waals surface area contributed by atoms with Gasteiger partial charge in [-0.2, -0.15) is 13.2 Å². The maximum atomic E-state index is 12.5. The molecule has 2 N–H and O–H groups in total. The van der Waals surface area contributed by atoms with Crippen LogP contribution in [0.15, 0.2) is 22.7 Å². The zero-order chi connectivity index (χ0) is 14.6. The molecule has 0 spiro atoms. The monoisotopic (exact) mass is 338 g/mol. The van der Waals surface area contributed by atoms with Crippen LogP contribution >= 0.6 is 15.9 Å². The fraction of sp³-hybridized carbons (Fsp3) is 0.538. The Hall–Kier alpha value is -0.750. The Kier molecular flexibility index (Phi) is 5.67. The van der Waals surface area contributed by atoms with Gasteiger partial charge in [-0.1, -0.05) is 22.9 Å². The van der Waals surface area contributed by atoms with E-state index in [1.165, 1.54) is 11.9 Å². The average molecular weight is 339 g/mol. The Bertz CT molecular complexity index is 421. The zero-order valence-electron chi connectivity index (χ0n) is 11.0. The van der Waals surface area contributed by atoms with E-state index in [1.54, 1.807) is 12.1 Å². The third-order valence-electron chi connectivity index (χ3n) is 2.88. The number of benzene rings is 1. The van der Waals surface area contributed by atoms with Gasteiger partial charge in [0.25, 0.3) is 0 Å². The van der Waals surface area contributed by atoms with Crippen LogP contribution in [-0.4, -0.2) is 25.8 Å². The Morgan fingerprint density at radius 3 is 2.53 bits per heavy atom. The minimum atomic E-state index is -4.22. The maximum Gasteiger partial charge on any atom is 0.405 e. The molecule has 1 atom stereocenters. The Labute approximate surface area is 119 Å². The molecule has 2 nitrogen and oxygen atoms in total. The summed E-state index contributed by atoms with van der Waals surface area (Å²) in [6, 6.07) is 5.21. The molecule has 0 saturated heterocycles. The largest absolute Gasteiger partial charge is 0.405 e. The number of rotatable bonds is 5. The first kappa shape index (κ1) is 16.3. The highest BCUT2D eigenvalue weighted by atomic mass is 79.9. The molecule has 0 heterocycles. The van der Waals surface area contributed by atoms with Crippen molar-refractivity contribution in [2.24, 2.45) is 5.73 Å². The van der Waals surface area contributed by atoms with E-state index >= 15 is 0 Å². The molecule has 19 heavy (non-hydrogen) atoms. The third kappa shape index (κ3) is 5.40. The van der Waals surface area contributed by atoms with Crippen LogP contribution in [0, 0.1) is 0 Å². The van der Waals surface area contributed by atoms with Gasteiger partial charge in [-0.15, -0.1) is 0 Å². The summed E-state index contributed by atoms with van der Waals surface area (Å²) in [6.07, 6.45) is -2.87. The molecular formula is C13H18BrF3N2. The van der Waals surface area contributed by atoms with Gasteiger partial charge in [-0.05, 0) is 36.6 Å². The maximum absolute atomic E-state index is 12.5. The van der Waals surface area contributed by atoms with Gasteiger partial charge in [0.2, 0.25) is 0 Å². The summed E-state index contributed by atoms with van der Waals surface area (Å²) in [5.74, 6) is 0. The fourth-order valence-electron chi connectivity index (χ4n) is 1.87. The molecule has 1 unspecified atom stereocenters. The highest BCUT2D eigenvalue weighted by molar-refractivity contribution is 9.10. The Morgan fingerprint density at radius 1 is 1.37 bits per heavy atom. The second-order valence-electron chi connectivity index (χ2n) is 4.62. The van der Waals surface area contributed by atoms with Crippen molar-refractivity contribution in [1.82, 2.24) is 0 Å². The van der Waals surface area contributed by atoms with E-state index in [4.69, 9.17) is 5.73 Å². The van der Waals surface area contributed by atoms with E-state index in [1.807, 2.05) is 13.0 Å². The summed E-state index contributed by atoms with van der Waals surface area (Å²) in [5.41, 5.74) is 7.30. The number of nitrogens with zero attached hydrogens (tertiary/aromatic N) is 1. The van der Waals surface area contributed by atoms with Gasteiger partial charge in [-0.3, -0.25) is 0 Å². The third-order valence-corrected chi connectivity index (χ3v) is 3.37. The van der Waals surface area contributed by atoms with Crippen molar-refractivity contribution in [3.05, 3.63) is 28.2 Å². The first-order valence-electron chi connectivity index (χ1n) is 6.05. The molecule has 0 saturated carbocycles. The number of hydrogen-bond acceptors (Lipinski definition) is 2. The lowest BCUT2D eigenvalue weighted by atomic mass is 10.0. The normalized spacial score (nSPS) is 13.4. The van der Waals surface area contributed by atoms with E-state index in [-0.39, 0.29) is 6.04 Å². The van der Waals surface area contributed by atoms with Gasteiger partial charge in [0.1, 0.15) is 6.54 Å². The van der Waals surface area contributed by atoms with E-state index in [0.717, 1.165) is 16.5 Å². The van der Waals surface area contributed by atoms with Crippen LogP contribution in [0.5, 0.6) is 0 Å². The molecule has 0 amide bonds. The van der Waals surface area contributed by atoms with Gasteiger partial charge in [0.05, 0.1) is 0 Å². The van der Waals surface area contributed by atoms with Crippen molar-refractivity contribution in [2.45, 2.75) is 32.0 Å². The lowest BCUT2D eigenvalue weighted by Gasteiger charge is -2.25. The minimum Gasteiger partial charge on any atom is -0.365 e. The van der Waals surface area contributed by atoms with Crippen LogP contribution in [0.1, 0.15) is 18.9 Å². The number of hydrogen-bond donors (Lipinski definition) is 1. The molecule has 0 radical (unpaired) electrons. The quantitative estimate of drug-likeness (QED) is 0.886. The molecule has 0 fully saturated rings. The van der Waals surface area contributed by atoms with E-state index in [9.17, 15) is 13.2 Å². The van der Waals surface area contributed by atoms with Gasteiger partial charge in [0, 0.05) is 23.2 Å². The second kappa shape index (κ2) is 6.61. The van der Waals surface area contributed by atoms with Crippen LogP contribution in [-0.2, 0) is 6.42 Å². The molecule has 6 heteroatoms. The van der Waals surface area contributed by atoms with Gasteiger partial charge < -0.3 is 10.6 Å². The molecule has 1 rings (SSSR count). The molecular weight excluding hydrogens is 321 g/mol. The SMILES string of the molecule is CCC(N)Cc1cc(Br)ccc1N(C)CC(F)(F)F. The van der Waals surface area contributed by atoms with Crippen molar-refractivity contribution in [1.29, 1.82) is 0 Å². The lowest BCUT2D eigenvalue weighted by molar-refractivity contribution is -0.119. The number of alkyl halides is 3. The highest BCUT2D eigenvalue weighted by Gasteiger charge is 2.30. The molecule has 0 bridgehead atoms. The van der Waals surface area contributed by atoms with Crippen molar-refractivity contribution < 1.29 is 13.2 Å². The second-order valence-corrected chi connectivity index (χ2v) is 5.53. The van der Waals surface area contributed by atoms with Gasteiger partial charge in [0.15, 0.2) is 0 Å². The zero-order valence-corrected chi connectivity index (χ0v) is 12.6. The Balaban J connectivity index is 2.98. The number of nitrogens with two attached hydrogens (primary N) is 1. The molecule has 108 valence electrons. The Morgan fingerprint density at radius 2 is 2.00 bits per heavy atom. The van der Waals surface area contributed by atoms with Crippen molar-refractivity contribution in [3.63, 3.8) is 0 Å². The van der Waals surface area contributed by atoms with E-state index < -0.39 is 12.7 Å². The van der Waals surface area contributed by atoms with E-state index in [0.29, 0.717) is 12.1 Å². The topological polar surface area (TPSA) is 29.3 Å². The van der Waals surface area contributed by atoms with E-state index in [2.05, 4.69) is 15.9 Å². The van der Waals surface area contributed by atoms with Crippen molar-refractivity contribution in [3.8, 4) is 0 Å². The van der Waals surface area contributed by atoms with Crippen LogP contribution in [0.3, 0.4) is 0 Å². The van der Waals surface area contributed by atoms with Gasteiger partial charge in [-0.25, -0.2) is 0 Å². The summed E-state index contributed by atoms with van der Waals surface area (Å²) in [6.45, 7) is 0.991. The first-order chi connectivity index (χ1) is 8.73. The standard InChI is InChI=1S/C13H18BrF3N2/c1-3-11(18)7-9-6-10(14)4-5-12(9)19(2)8-13(15,16)17/h4-6,11H,3,7-8,18H2,1-2H3. The predicted molar refractivity (Wildman–Crippen MR) is 75.4 cm³/mol. The summed E-state index contributed by atoms with van der Waals surface area (Å²) < 4.78 is 38.2. The summed E-state index contributed by atoms with van der Waals surface area (Å²) in [7, 11) is 1.44. The van der Waals surface area contributed by atoms with Crippen molar-refractivity contribution >= 4 is 21.6 Å². The van der Waals surface area contributed by atoms with Crippen molar-refractivity contribution in [2.75, 3.05) is 18.5 Å². The molecule has 0 aromatic heterocycles. The average Bonchev–Trinajstić information content (AvgIpc) is 2.26. The highest BCUT2D eigenvalue weighted by Crippen LogP contribution is 2.27. The molecule has 1 aromatic carbocycles. The fourth-order valence-corrected chi connectivity index (χ4v) is 2.28. The smallest absolute Gasteiger partial charge is 0.365 e. The minimum absolute atomic E-state index is 0.0488. The molecule has 0 aliphatic heterocycles. The lowest BCUT2D eigenvalue weighted by Crippen LogP contribution is -2.32. The summed E-state index contributed by atoms with van der Waals surface area (Å²) in [4.78, 5) is 1.21. The first-order valence-corrected chi connectivity index (χ1v) is 6.84. The summed E-state index contributed by atoms with van der Waals surface area (Å²) in [5, 5.41) is 0.